The van der Waals surface area contributed by atoms with E-state index in [9.17, 15) is 0 Å². The zero-order valence-corrected chi connectivity index (χ0v) is 4.63. The smallest absolute Gasteiger partial charge is 0.262 e. The van der Waals surface area contributed by atoms with Gasteiger partial charge in [0.25, 0.3) is 8.99 Å². The molecule has 0 spiro atoms. The summed E-state index contributed by atoms with van der Waals surface area (Å²) < 4.78 is 2.53. The molecule has 0 aromatic rings. The van der Waals surface area contributed by atoms with Gasteiger partial charge in [0.2, 0.25) is 0 Å². The van der Waals surface area contributed by atoms with Crippen molar-refractivity contribution in [2.24, 2.45) is 0 Å². The molecule has 4 heavy (non-hydrogen) atoms. The van der Waals surface area contributed by atoms with E-state index in [0.717, 1.165) is 0 Å². The Hall–Kier alpha value is 0.684. The van der Waals surface area contributed by atoms with Crippen molar-refractivity contribution in [3.8, 4) is 0 Å². The van der Waals surface area contributed by atoms with Crippen LogP contribution in [-0.4, -0.2) is 19.4 Å². The van der Waals surface area contributed by atoms with Crippen LogP contribution in [0.25, 0.3) is 0 Å². The molecular formula is HClNSi2. The summed E-state index contributed by atoms with van der Waals surface area (Å²) in [7, 11) is 3.19. The molecule has 5 radical (unpaired) electrons. The molecule has 0 fully saturated rings. The highest BCUT2D eigenvalue weighted by Gasteiger charge is 1.61. The maximum atomic E-state index is 5.05. The number of halogens is 1. The third kappa shape index (κ3) is 2.68. The lowest BCUT2D eigenvalue weighted by molar-refractivity contribution is 1.67. The Balaban J connectivity index is 1.97. The van der Waals surface area contributed by atoms with Gasteiger partial charge in [0.15, 0.2) is 0 Å². The molecule has 1 N–H and O–H groups in total. The fraction of sp³-hybridized carbons (Fsp3) is 0. The molecule has 0 aliphatic carbocycles. The van der Waals surface area contributed by atoms with Gasteiger partial charge in [0.05, 0.1) is 0 Å². The number of nitrogens with one attached hydrogen (secondary N) is 1. The predicted octanol–water partition coefficient (Wildman–Crippen LogP) is -0.568. The maximum absolute atomic E-state index is 5.05. The molecule has 0 amide bonds. The Morgan fingerprint density at radius 2 is 2.25 bits per heavy atom. The van der Waals surface area contributed by atoms with Crippen molar-refractivity contribution < 1.29 is 0 Å². The second kappa shape index (κ2) is 3.68. The standard InChI is InChI=1S/ClHNSi2/c1-4-2-3/h2H. The first-order valence-corrected chi connectivity index (χ1v) is 3.20. The van der Waals surface area contributed by atoms with Crippen molar-refractivity contribution in [1.82, 2.24) is 4.65 Å². The van der Waals surface area contributed by atoms with Gasteiger partial charge in [0, 0.05) is 0 Å². The van der Waals surface area contributed by atoms with Gasteiger partial charge in [-0.2, -0.15) is 0 Å². The maximum Gasteiger partial charge on any atom is 0.262 e. The fourth-order valence-electron chi connectivity index (χ4n) is 0. The van der Waals surface area contributed by atoms with Gasteiger partial charge in [0.1, 0.15) is 10.4 Å². The van der Waals surface area contributed by atoms with Crippen molar-refractivity contribution in [2.45, 2.75) is 0 Å². The minimum atomic E-state index is 0.276. The van der Waals surface area contributed by atoms with Crippen LogP contribution in [0.3, 0.4) is 0 Å². The van der Waals surface area contributed by atoms with Crippen LogP contribution in [0.15, 0.2) is 0 Å². The summed E-state index contributed by atoms with van der Waals surface area (Å²) in [5.41, 5.74) is 0. The molecule has 0 bridgehead atoms. The molecule has 0 aliphatic heterocycles. The first kappa shape index (κ1) is 4.68. The quantitative estimate of drug-likeness (QED) is 0.349. The molecule has 0 heterocycles. The molecule has 0 aromatic heterocycles. The fourth-order valence-corrected chi connectivity index (χ4v) is 0. The first-order valence-electron chi connectivity index (χ1n) is 0.689. The van der Waals surface area contributed by atoms with Crippen LogP contribution in [0.2, 0.25) is 0 Å². The minimum Gasteiger partial charge on any atom is -0.351 e. The van der Waals surface area contributed by atoms with Gasteiger partial charge in [-0.25, -0.2) is 0 Å². The van der Waals surface area contributed by atoms with Gasteiger partial charge in [-0.15, -0.1) is 11.1 Å². The highest BCUT2D eigenvalue weighted by Crippen LogP contribution is 1.48. The second-order valence-corrected chi connectivity index (χ2v) is 1.98. The number of rotatable bonds is 1. The topological polar surface area (TPSA) is 12.0 Å². The largest absolute Gasteiger partial charge is 0.351 e. The molecule has 0 unspecified atom stereocenters. The minimum absolute atomic E-state index is 0.276. The number of hydrogen-bond donors (Lipinski definition) is 1. The van der Waals surface area contributed by atoms with Crippen LogP contribution in [0.1, 0.15) is 0 Å². The van der Waals surface area contributed by atoms with E-state index >= 15 is 0 Å². The zero-order valence-electron chi connectivity index (χ0n) is 1.88. The zero-order chi connectivity index (χ0) is 3.41. The summed E-state index contributed by atoms with van der Waals surface area (Å²) in [6.07, 6.45) is 0. The van der Waals surface area contributed by atoms with Crippen LogP contribution in [0.5, 0.6) is 0 Å². The van der Waals surface area contributed by atoms with Gasteiger partial charge in [-0.05, 0) is 0 Å². The Morgan fingerprint density at radius 1 is 2.00 bits per heavy atom. The average molecular weight is 107 g/mol. The average Bonchev–Trinajstić information content (AvgIpc) is 1.37. The molecule has 0 rings (SSSR count). The van der Waals surface area contributed by atoms with E-state index in [1.54, 1.807) is 0 Å². The molecule has 0 atom stereocenters. The van der Waals surface area contributed by atoms with Gasteiger partial charge >= 0.3 is 0 Å². The van der Waals surface area contributed by atoms with Gasteiger partial charge in [-0.1, -0.05) is 0 Å². The van der Waals surface area contributed by atoms with E-state index in [-0.39, 0.29) is 8.99 Å². The Morgan fingerprint density at radius 3 is 2.25 bits per heavy atom. The van der Waals surface area contributed by atoms with Gasteiger partial charge < -0.3 is 4.65 Å². The Kier molecular flexibility index (Phi) is 4.31. The van der Waals surface area contributed by atoms with E-state index in [4.69, 9.17) is 11.1 Å². The predicted molar refractivity (Wildman–Crippen MR) is 20.5 cm³/mol. The Labute approximate surface area is 35.8 Å². The summed E-state index contributed by atoms with van der Waals surface area (Å²) >= 11 is 5.05. The normalized spacial score (nSPS) is 7.50. The summed E-state index contributed by atoms with van der Waals surface area (Å²) in [6.45, 7) is 0. The Bertz CT molecular complexity index is 8.00. The van der Waals surface area contributed by atoms with E-state index in [1.807, 2.05) is 0 Å². The van der Waals surface area contributed by atoms with E-state index < -0.39 is 0 Å². The summed E-state index contributed by atoms with van der Waals surface area (Å²) in [5.74, 6) is 0. The third-order valence-electron chi connectivity index (χ3n) is 0.0472. The molecule has 0 aromatic carbocycles. The number of hydrogen-bond acceptors (Lipinski definition) is 1. The van der Waals surface area contributed by atoms with Crippen molar-refractivity contribution in [3.05, 3.63) is 0 Å². The SMILES string of the molecule is [Si]N[Si]Cl. The summed E-state index contributed by atoms with van der Waals surface area (Å²) in [6, 6.07) is 0. The van der Waals surface area contributed by atoms with E-state index in [1.165, 1.54) is 0 Å². The van der Waals surface area contributed by atoms with Crippen molar-refractivity contribution in [1.29, 1.82) is 0 Å². The van der Waals surface area contributed by atoms with Crippen LogP contribution in [0.4, 0.5) is 0 Å². The van der Waals surface area contributed by atoms with Crippen LogP contribution in [0, 0.1) is 0 Å². The molecular weight excluding hydrogens is 106 g/mol. The van der Waals surface area contributed by atoms with Crippen LogP contribution >= 0.6 is 11.1 Å². The van der Waals surface area contributed by atoms with E-state index in [0.29, 0.717) is 0 Å². The molecule has 0 saturated heterocycles. The monoisotopic (exact) mass is 106 g/mol. The second-order valence-electron chi connectivity index (χ2n) is 0.219. The first-order chi connectivity index (χ1) is 1.91. The lowest BCUT2D eigenvalue weighted by atomic mass is 13.9. The highest BCUT2D eigenvalue weighted by molar-refractivity contribution is 6.93. The lowest BCUT2D eigenvalue weighted by Gasteiger charge is -1.68. The summed E-state index contributed by atoms with van der Waals surface area (Å²) in [4.78, 5) is 0. The molecule has 21 valence electrons. The summed E-state index contributed by atoms with van der Waals surface area (Å²) in [5, 5.41) is 0. The lowest BCUT2D eigenvalue weighted by Crippen LogP contribution is -2.06. The molecule has 4 heteroatoms. The highest BCUT2D eigenvalue weighted by atomic mass is 35.6. The van der Waals surface area contributed by atoms with Crippen molar-refractivity contribution in [2.75, 3.05) is 0 Å². The van der Waals surface area contributed by atoms with Gasteiger partial charge in [-0.3, -0.25) is 0 Å². The van der Waals surface area contributed by atoms with Crippen molar-refractivity contribution >= 4 is 30.5 Å². The van der Waals surface area contributed by atoms with E-state index in [2.05, 4.69) is 15.1 Å². The van der Waals surface area contributed by atoms with Crippen LogP contribution < -0.4 is 4.65 Å². The molecule has 1 nitrogen and oxygen atoms in total. The van der Waals surface area contributed by atoms with Crippen molar-refractivity contribution in [3.63, 3.8) is 0 Å². The molecule has 0 saturated carbocycles. The third-order valence-corrected chi connectivity index (χ3v) is 1.28. The van der Waals surface area contributed by atoms with Crippen LogP contribution in [-0.2, 0) is 0 Å². The molecule has 0 aliphatic rings.